The van der Waals surface area contributed by atoms with E-state index >= 15 is 0 Å². The molecule has 50 heavy (non-hydrogen) atoms. The number of esters is 4. The van der Waals surface area contributed by atoms with Gasteiger partial charge in [-0.2, -0.15) is 0 Å². The van der Waals surface area contributed by atoms with E-state index in [4.69, 9.17) is 28.1 Å². The topological polar surface area (TPSA) is 128 Å². The number of hydrogen-bond donors (Lipinski definition) is 0. The van der Waals surface area contributed by atoms with Gasteiger partial charge in [-0.05, 0) is 62.4 Å². The van der Waals surface area contributed by atoms with E-state index in [9.17, 15) is 19.2 Å². The van der Waals surface area contributed by atoms with E-state index in [0.29, 0.717) is 17.6 Å². The van der Waals surface area contributed by atoms with E-state index in [2.05, 4.69) is 20.8 Å². The first-order chi connectivity index (χ1) is 23.7. The lowest BCUT2D eigenvalue weighted by Gasteiger charge is -2.66. The molecule has 0 bridgehead atoms. The van der Waals surface area contributed by atoms with E-state index < -0.39 is 76.5 Å². The van der Waals surface area contributed by atoms with Crippen molar-refractivity contribution >= 4 is 23.9 Å². The monoisotopic (exact) mass is 686 g/mol. The van der Waals surface area contributed by atoms with Crippen molar-refractivity contribution in [3.8, 4) is 0 Å². The highest BCUT2D eigenvalue weighted by Crippen LogP contribution is 2.72. The molecule has 10 heteroatoms. The number of furan rings is 1. The van der Waals surface area contributed by atoms with Gasteiger partial charge in [-0.1, -0.05) is 50.6 Å². The molecule has 2 saturated carbocycles. The highest BCUT2D eigenvalue weighted by molar-refractivity contribution is 5.89. The fourth-order valence-electron chi connectivity index (χ4n) is 10.7. The van der Waals surface area contributed by atoms with Gasteiger partial charge in [-0.25, -0.2) is 9.59 Å². The number of fused-ring (bicyclic) bond motifs is 4. The fourth-order valence-corrected chi connectivity index (χ4v) is 10.7. The Labute approximate surface area is 292 Å². The van der Waals surface area contributed by atoms with Gasteiger partial charge in [0.15, 0.2) is 0 Å². The Kier molecular flexibility index (Phi) is 8.40. The van der Waals surface area contributed by atoms with Crippen LogP contribution in [-0.2, 0) is 38.1 Å². The lowest BCUT2D eigenvalue weighted by Crippen LogP contribution is -2.72. The summed E-state index contributed by atoms with van der Waals surface area (Å²) in [5.74, 6) is -2.88. The molecule has 3 heterocycles. The summed E-state index contributed by atoms with van der Waals surface area (Å²) in [7, 11) is 0. The molecule has 0 amide bonds. The van der Waals surface area contributed by atoms with Gasteiger partial charge in [0, 0.05) is 53.4 Å². The summed E-state index contributed by atoms with van der Waals surface area (Å²) in [6.45, 7) is 13.3. The Balaban J connectivity index is 1.46. The normalized spacial score (nSPS) is 39.0. The van der Waals surface area contributed by atoms with Crippen LogP contribution in [0.3, 0.4) is 0 Å². The van der Waals surface area contributed by atoms with Gasteiger partial charge < -0.3 is 28.1 Å². The fraction of sp³-hybridized carbons (Fsp3) is 0.550. The van der Waals surface area contributed by atoms with Crippen LogP contribution < -0.4 is 0 Å². The van der Waals surface area contributed by atoms with Crippen molar-refractivity contribution in [1.82, 2.24) is 0 Å². The summed E-state index contributed by atoms with van der Waals surface area (Å²) in [4.78, 5) is 54.3. The van der Waals surface area contributed by atoms with Crippen LogP contribution in [-0.4, -0.2) is 61.0 Å². The first-order valence-electron chi connectivity index (χ1n) is 17.6. The largest absolute Gasteiger partial charge is 0.472 e. The Morgan fingerprint density at radius 3 is 2.36 bits per heavy atom. The molecule has 3 aliphatic carbocycles. The van der Waals surface area contributed by atoms with Crippen LogP contribution in [0.1, 0.15) is 89.6 Å². The first kappa shape index (κ1) is 34.3. The van der Waals surface area contributed by atoms with Crippen molar-refractivity contribution in [3.05, 3.63) is 82.8 Å². The molecule has 0 radical (unpaired) electrons. The summed E-state index contributed by atoms with van der Waals surface area (Å²) >= 11 is 0. The molecule has 266 valence electrons. The van der Waals surface area contributed by atoms with Crippen LogP contribution in [0.25, 0.3) is 0 Å². The number of benzene rings is 1. The van der Waals surface area contributed by atoms with Crippen molar-refractivity contribution in [1.29, 1.82) is 0 Å². The van der Waals surface area contributed by atoms with Gasteiger partial charge in [0.2, 0.25) is 0 Å². The molecule has 7 rings (SSSR count). The van der Waals surface area contributed by atoms with Gasteiger partial charge in [-0.3, -0.25) is 9.59 Å². The average molecular weight is 687 g/mol. The van der Waals surface area contributed by atoms with Crippen molar-refractivity contribution in [2.75, 3.05) is 6.61 Å². The molecule has 11 atom stereocenters. The minimum atomic E-state index is -0.990. The summed E-state index contributed by atoms with van der Waals surface area (Å²) in [6.07, 6.45) is 2.23. The van der Waals surface area contributed by atoms with Crippen molar-refractivity contribution in [2.45, 2.75) is 104 Å². The van der Waals surface area contributed by atoms with Gasteiger partial charge in [0.25, 0.3) is 0 Å². The van der Waals surface area contributed by atoms with Gasteiger partial charge >= 0.3 is 23.9 Å². The van der Waals surface area contributed by atoms with Crippen molar-refractivity contribution in [2.24, 2.45) is 28.1 Å². The molecule has 0 spiro atoms. The van der Waals surface area contributed by atoms with Crippen molar-refractivity contribution < 1.29 is 47.3 Å². The lowest BCUT2D eigenvalue weighted by atomic mass is 9.39. The minimum absolute atomic E-state index is 0.00419. The highest BCUT2D eigenvalue weighted by Gasteiger charge is 2.78. The second-order valence-electron chi connectivity index (χ2n) is 15.5. The maximum Gasteiger partial charge on any atom is 0.338 e. The zero-order valence-electron chi connectivity index (χ0n) is 29.7. The number of hydrogen-bond acceptors (Lipinski definition) is 10. The van der Waals surface area contributed by atoms with Gasteiger partial charge in [0.05, 0.1) is 30.8 Å². The number of ether oxygens (including phenoxy) is 5. The Morgan fingerprint density at radius 1 is 0.960 bits per heavy atom. The summed E-state index contributed by atoms with van der Waals surface area (Å²) in [5.41, 5.74) is 1.07. The Morgan fingerprint density at radius 2 is 1.70 bits per heavy atom. The van der Waals surface area contributed by atoms with Crippen LogP contribution in [0.4, 0.5) is 0 Å². The number of rotatable bonds is 6. The molecule has 2 aliphatic heterocycles. The maximum atomic E-state index is 14.1. The van der Waals surface area contributed by atoms with E-state index in [1.807, 2.05) is 19.1 Å². The standard InChI is InChI=1S/C40H46O10/c1-8-21(2)36(43)50-35-33-34-38(5,20-46-33)29(47-23(4)41)18-30(49-37(44)24-12-10-9-11-13-24)39(34,6)28-17-31(42)48-27-16-26(25-14-15-45-19-25)22(3)32(27)40(28,35)7/h8-15,19,26-30,33-35H,16-18,20H2,1-7H3/b21-8+/t26-,27+,28-,29-,30+,33-,34+,35-,38-,39+,40-/m1/s1. The zero-order valence-corrected chi connectivity index (χ0v) is 29.7. The molecule has 0 unspecified atom stereocenters. The summed E-state index contributed by atoms with van der Waals surface area (Å²) in [5, 5.41) is 0. The second kappa shape index (κ2) is 12.2. The summed E-state index contributed by atoms with van der Waals surface area (Å²) in [6, 6.07) is 10.7. The lowest BCUT2D eigenvalue weighted by molar-refractivity contribution is -0.252. The van der Waals surface area contributed by atoms with E-state index in [1.54, 1.807) is 56.7 Å². The molecule has 0 N–H and O–H groups in total. The van der Waals surface area contributed by atoms with E-state index in [0.717, 1.165) is 16.7 Å². The molecule has 10 nitrogen and oxygen atoms in total. The SMILES string of the molecule is C/C=C(\C)C(=O)O[C@@H]1[C@@H]2OC[C@]3(C)[C@H](OC(C)=O)C[C@H](OC(=O)c4ccccc4)[C@@](C)([C@@H]23)[C@H]2CC(=O)O[C@H]3C[C@@H](c4ccoc4)C(C)=C3[C@]12C. The predicted molar refractivity (Wildman–Crippen MR) is 179 cm³/mol. The molecule has 5 aliphatic rings. The van der Waals surface area contributed by atoms with Crippen LogP contribution >= 0.6 is 0 Å². The third-order valence-corrected chi connectivity index (χ3v) is 13.0. The van der Waals surface area contributed by atoms with Crippen LogP contribution in [0.15, 0.2) is 76.1 Å². The number of carbonyl (C=O) groups excluding carboxylic acids is 4. The van der Waals surface area contributed by atoms with Crippen LogP contribution in [0, 0.1) is 28.1 Å². The molecule has 2 aromatic rings. The zero-order chi connectivity index (χ0) is 35.7. The third kappa shape index (κ3) is 5.00. The number of allylic oxidation sites excluding steroid dienone is 2. The smallest absolute Gasteiger partial charge is 0.338 e. The summed E-state index contributed by atoms with van der Waals surface area (Å²) < 4.78 is 37.7. The average Bonchev–Trinajstić information content (AvgIpc) is 3.80. The molecule has 4 fully saturated rings. The molecule has 1 aromatic carbocycles. The molecular weight excluding hydrogens is 640 g/mol. The van der Waals surface area contributed by atoms with Crippen LogP contribution in [0.2, 0.25) is 0 Å². The minimum Gasteiger partial charge on any atom is -0.472 e. The van der Waals surface area contributed by atoms with E-state index in [1.165, 1.54) is 6.92 Å². The molecule has 2 saturated heterocycles. The highest BCUT2D eigenvalue weighted by atomic mass is 16.6. The Bertz CT molecular complexity index is 1760. The quantitative estimate of drug-likeness (QED) is 0.144. The second-order valence-corrected chi connectivity index (χ2v) is 15.5. The third-order valence-electron chi connectivity index (χ3n) is 13.0. The molecule has 1 aromatic heterocycles. The van der Waals surface area contributed by atoms with Gasteiger partial charge in [-0.15, -0.1) is 0 Å². The Hall–Kier alpha value is -4.18. The van der Waals surface area contributed by atoms with E-state index in [-0.39, 0.29) is 31.3 Å². The number of carbonyl (C=O) groups is 4. The van der Waals surface area contributed by atoms with Gasteiger partial charge in [0.1, 0.15) is 24.4 Å². The maximum absolute atomic E-state index is 14.1. The van der Waals surface area contributed by atoms with Crippen molar-refractivity contribution in [3.63, 3.8) is 0 Å². The van der Waals surface area contributed by atoms with Crippen LogP contribution in [0.5, 0.6) is 0 Å². The predicted octanol–water partition coefficient (Wildman–Crippen LogP) is 6.50. The first-order valence-corrected chi connectivity index (χ1v) is 17.6. The molecular formula is C40H46O10.